The molecule has 1 aliphatic heterocycles. The number of benzene rings is 2. The van der Waals surface area contributed by atoms with E-state index in [0.29, 0.717) is 36.9 Å². The molecule has 3 rings (SSSR count). The van der Waals surface area contributed by atoms with Crippen molar-refractivity contribution in [1.29, 1.82) is 0 Å². The Balaban J connectivity index is 1.59. The highest BCUT2D eigenvalue weighted by molar-refractivity contribution is 7.89. The minimum absolute atomic E-state index is 0.137. The van der Waals surface area contributed by atoms with Gasteiger partial charge in [-0.1, -0.05) is 37.6 Å². The summed E-state index contributed by atoms with van der Waals surface area (Å²) in [6, 6.07) is 12.1. The summed E-state index contributed by atoms with van der Waals surface area (Å²) in [4.78, 5) is 25.5. The summed E-state index contributed by atoms with van der Waals surface area (Å²) < 4.78 is 32.1. The Morgan fingerprint density at radius 1 is 1.03 bits per heavy atom. The van der Waals surface area contributed by atoms with Crippen LogP contribution in [0, 0.1) is 5.92 Å². The zero-order valence-corrected chi connectivity index (χ0v) is 20.2. The van der Waals surface area contributed by atoms with E-state index in [4.69, 9.17) is 16.3 Å². The maximum atomic E-state index is 12.8. The number of sulfonamides is 1. The molecule has 2 aromatic carbocycles. The third-order valence-electron chi connectivity index (χ3n) is 5.34. The van der Waals surface area contributed by atoms with Crippen molar-refractivity contribution in [3.05, 3.63) is 64.7 Å². The average molecular weight is 494 g/mol. The third kappa shape index (κ3) is 6.54. The zero-order valence-electron chi connectivity index (χ0n) is 18.6. The van der Waals surface area contributed by atoms with Gasteiger partial charge in [0.15, 0.2) is 0 Å². The van der Waals surface area contributed by atoms with Gasteiger partial charge in [0.2, 0.25) is 15.9 Å². The average Bonchev–Trinajstić information content (AvgIpc) is 2.82. The van der Waals surface area contributed by atoms with Gasteiger partial charge in [-0.05, 0) is 47.9 Å². The first-order valence-electron chi connectivity index (χ1n) is 10.7. The summed E-state index contributed by atoms with van der Waals surface area (Å²) in [5.41, 5.74) is 1.16. The van der Waals surface area contributed by atoms with Gasteiger partial charge in [-0.2, -0.15) is 4.31 Å². The smallest absolute Gasteiger partial charge is 0.251 e. The van der Waals surface area contributed by atoms with E-state index in [-0.39, 0.29) is 29.2 Å². The minimum Gasteiger partial charge on any atom is -0.379 e. The Labute approximate surface area is 199 Å². The first kappa shape index (κ1) is 25.2. The number of morpholine rings is 1. The van der Waals surface area contributed by atoms with Crippen LogP contribution < -0.4 is 10.6 Å². The second kappa shape index (κ2) is 11.1. The van der Waals surface area contributed by atoms with E-state index in [1.807, 2.05) is 13.8 Å². The van der Waals surface area contributed by atoms with Crippen LogP contribution in [0.2, 0.25) is 5.02 Å². The van der Waals surface area contributed by atoms with Crippen LogP contribution in [0.3, 0.4) is 0 Å². The molecule has 0 spiro atoms. The fourth-order valence-corrected chi connectivity index (χ4v) is 4.91. The molecule has 2 aromatic rings. The molecule has 8 nitrogen and oxygen atoms in total. The summed E-state index contributed by atoms with van der Waals surface area (Å²) in [6.45, 7) is 5.33. The summed E-state index contributed by atoms with van der Waals surface area (Å²) in [6.07, 6.45) is 0. The van der Waals surface area contributed by atoms with Crippen LogP contribution in [0.15, 0.2) is 53.4 Å². The Bertz CT molecular complexity index is 1070. The van der Waals surface area contributed by atoms with Crippen LogP contribution in [0.4, 0.5) is 0 Å². The molecule has 10 heteroatoms. The van der Waals surface area contributed by atoms with Crippen molar-refractivity contribution < 1.29 is 22.7 Å². The fraction of sp³-hybridized carbons (Fsp3) is 0.391. The molecular formula is C23H28ClN3O5S. The number of hydrogen-bond donors (Lipinski definition) is 2. The van der Waals surface area contributed by atoms with Gasteiger partial charge in [-0.25, -0.2) is 8.42 Å². The monoisotopic (exact) mass is 493 g/mol. The standard InChI is InChI=1S/C23H28ClN3O5S/c1-16(2)21(26-22(28)18-5-7-19(24)8-6-18)23(29)25-15-17-3-9-20(10-4-17)33(30,31)27-11-13-32-14-12-27/h3-10,16,21H,11-15H2,1-2H3,(H,25,29)(H,26,28)/t21-/m0/s1. The topological polar surface area (TPSA) is 105 Å². The van der Waals surface area contributed by atoms with Crippen molar-refractivity contribution in [2.45, 2.75) is 31.3 Å². The lowest BCUT2D eigenvalue weighted by Gasteiger charge is -2.26. The number of amides is 2. The first-order chi connectivity index (χ1) is 15.7. The largest absolute Gasteiger partial charge is 0.379 e. The first-order valence-corrected chi connectivity index (χ1v) is 12.5. The quantitative estimate of drug-likeness (QED) is 0.587. The molecule has 1 heterocycles. The molecular weight excluding hydrogens is 466 g/mol. The summed E-state index contributed by atoms with van der Waals surface area (Å²) in [7, 11) is -3.57. The molecule has 1 saturated heterocycles. The number of nitrogens with zero attached hydrogens (tertiary/aromatic N) is 1. The summed E-state index contributed by atoms with van der Waals surface area (Å²) >= 11 is 5.86. The summed E-state index contributed by atoms with van der Waals surface area (Å²) in [5.74, 6) is -0.821. The van der Waals surface area contributed by atoms with E-state index >= 15 is 0 Å². The van der Waals surface area contributed by atoms with Crippen molar-refractivity contribution in [1.82, 2.24) is 14.9 Å². The fourth-order valence-electron chi connectivity index (χ4n) is 3.38. The van der Waals surface area contributed by atoms with Gasteiger partial charge in [-0.15, -0.1) is 0 Å². The van der Waals surface area contributed by atoms with E-state index in [1.165, 1.54) is 16.4 Å². The molecule has 0 aromatic heterocycles. The number of halogens is 1. The minimum atomic E-state index is -3.57. The maximum absolute atomic E-state index is 12.8. The predicted octanol–water partition coefficient (Wildman–Crippen LogP) is 2.43. The zero-order chi connectivity index (χ0) is 24.0. The Hall–Kier alpha value is -2.46. The lowest BCUT2D eigenvalue weighted by molar-refractivity contribution is -0.124. The van der Waals surface area contributed by atoms with Gasteiger partial charge >= 0.3 is 0 Å². The van der Waals surface area contributed by atoms with E-state index in [2.05, 4.69) is 10.6 Å². The van der Waals surface area contributed by atoms with Gasteiger partial charge in [0.05, 0.1) is 18.1 Å². The molecule has 2 N–H and O–H groups in total. The molecule has 0 unspecified atom stereocenters. The molecule has 0 aliphatic carbocycles. The highest BCUT2D eigenvalue weighted by atomic mass is 35.5. The highest BCUT2D eigenvalue weighted by Crippen LogP contribution is 2.18. The SMILES string of the molecule is CC(C)[C@H](NC(=O)c1ccc(Cl)cc1)C(=O)NCc1ccc(S(=O)(=O)N2CCOCC2)cc1. The van der Waals surface area contributed by atoms with Crippen molar-refractivity contribution in [3.8, 4) is 0 Å². The lowest BCUT2D eigenvalue weighted by Crippen LogP contribution is -2.49. The van der Waals surface area contributed by atoms with Crippen LogP contribution in [0.1, 0.15) is 29.8 Å². The van der Waals surface area contributed by atoms with E-state index in [9.17, 15) is 18.0 Å². The van der Waals surface area contributed by atoms with E-state index < -0.39 is 16.1 Å². The van der Waals surface area contributed by atoms with Gasteiger partial charge in [-0.3, -0.25) is 9.59 Å². The molecule has 0 radical (unpaired) electrons. The van der Waals surface area contributed by atoms with Gasteiger partial charge in [0.25, 0.3) is 5.91 Å². The lowest BCUT2D eigenvalue weighted by atomic mass is 10.0. The van der Waals surface area contributed by atoms with Crippen LogP contribution in [-0.4, -0.2) is 56.9 Å². The molecule has 1 aliphatic rings. The molecule has 0 bridgehead atoms. The van der Waals surface area contributed by atoms with E-state index in [0.717, 1.165) is 5.56 Å². The number of rotatable bonds is 8. The Morgan fingerprint density at radius 3 is 2.21 bits per heavy atom. The van der Waals surface area contributed by atoms with Gasteiger partial charge in [0, 0.05) is 30.2 Å². The normalized spacial score (nSPS) is 15.8. The van der Waals surface area contributed by atoms with Gasteiger partial charge in [0.1, 0.15) is 6.04 Å². The van der Waals surface area contributed by atoms with Crippen molar-refractivity contribution in [2.75, 3.05) is 26.3 Å². The molecule has 1 fully saturated rings. The van der Waals surface area contributed by atoms with Crippen LogP contribution in [0.25, 0.3) is 0 Å². The Morgan fingerprint density at radius 2 is 1.64 bits per heavy atom. The second-order valence-corrected chi connectivity index (χ2v) is 10.5. The third-order valence-corrected chi connectivity index (χ3v) is 7.50. The van der Waals surface area contributed by atoms with E-state index in [1.54, 1.807) is 36.4 Å². The number of carbonyl (C=O) groups excluding carboxylic acids is 2. The number of hydrogen-bond acceptors (Lipinski definition) is 5. The van der Waals surface area contributed by atoms with Crippen LogP contribution in [-0.2, 0) is 26.1 Å². The van der Waals surface area contributed by atoms with Crippen LogP contribution >= 0.6 is 11.6 Å². The second-order valence-electron chi connectivity index (χ2n) is 8.08. The predicted molar refractivity (Wildman–Crippen MR) is 125 cm³/mol. The highest BCUT2D eigenvalue weighted by Gasteiger charge is 2.27. The molecule has 178 valence electrons. The Kier molecular flexibility index (Phi) is 8.47. The van der Waals surface area contributed by atoms with Gasteiger partial charge < -0.3 is 15.4 Å². The number of ether oxygens (including phenoxy) is 1. The maximum Gasteiger partial charge on any atom is 0.251 e. The molecule has 2 amide bonds. The summed E-state index contributed by atoms with van der Waals surface area (Å²) in [5, 5.41) is 6.10. The van der Waals surface area contributed by atoms with Crippen molar-refractivity contribution >= 4 is 33.4 Å². The number of nitrogens with one attached hydrogen (secondary N) is 2. The molecule has 33 heavy (non-hydrogen) atoms. The molecule has 0 saturated carbocycles. The number of carbonyl (C=O) groups is 2. The molecule has 1 atom stereocenters. The van der Waals surface area contributed by atoms with Crippen LogP contribution in [0.5, 0.6) is 0 Å². The van der Waals surface area contributed by atoms with Crippen molar-refractivity contribution in [3.63, 3.8) is 0 Å². The van der Waals surface area contributed by atoms with Crippen molar-refractivity contribution in [2.24, 2.45) is 5.92 Å².